The molecule has 8 heteroatoms. The SMILES string of the molecule is CC1=Cc2cc(Cl)c(Cl)cc2C1(Cl)[Si]C1(Cl)C(C)=Cc2cc(Cl)c(Cl)cc21.[Zr]. The van der Waals surface area contributed by atoms with Crippen LogP contribution in [0, 0.1) is 0 Å². The van der Waals surface area contributed by atoms with Gasteiger partial charge in [0.1, 0.15) is 9.52 Å². The number of fused-ring (bicyclic) bond motifs is 2. The second-order valence-corrected chi connectivity index (χ2v) is 12.0. The van der Waals surface area contributed by atoms with Gasteiger partial charge in [-0.3, -0.25) is 0 Å². The standard InChI is InChI=1S/C20H12Cl6Si.Zr/c1-9-3-11-5-15(21)17(23)7-13(11)19(9,25)27-20(26)10(2)4-12-6-16(22)18(24)8-14(12)20;/h3-8H,1-2H3;. The molecule has 0 spiro atoms. The Morgan fingerprint density at radius 2 is 0.964 bits per heavy atom. The quantitative estimate of drug-likeness (QED) is 0.246. The number of alkyl halides is 2. The summed E-state index contributed by atoms with van der Waals surface area (Å²) in [5, 5.41) is 1.97. The van der Waals surface area contributed by atoms with E-state index in [-0.39, 0.29) is 35.7 Å². The average Bonchev–Trinajstić information content (AvgIpc) is 2.94. The smallest absolute Gasteiger partial charge is 0.114 e. The monoisotopic (exact) mass is 580 g/mol. The van der Waals surface area contributed by atoms with Crippen LogP contribution in [0.15, 0.2) is 35.4 Å². The van der Waals surface area contributed by atoms with Gasteiger partial charge in [0.25, 0.3) is 0 Å². The van der Waals surface area contributed by atoms with Crippen molar-refractivity contribution >= 4 is 91.3 Å². The van der Waals surface area contributed by atoms with Crippen LogP contribution in [-0.2, 0) is 35.2 Å². The maximum absolute atomic E-state index is 7.22. The Morgan fingerprint density at radius 1 is 0.643 bits per heavy atom. The fourth-order valence-corrected chi connectivity index (χ4v) is 7.44. The van der Waals surface area contributed by atoms with E-state index in [0.717, 1.165) is 33.4 Å². The first kappa shape index (κ1) is 23.4. The molecule has 2 atom stereocenters. The molecule has 2 unspecified atom stereocenters. The van der Waals surface area contributed by atoms with E-state index in [0.29, 0.717) is 20.1 Å². The molecular weight excluding hydrogens is 572 g/mol. The van der Waals surface area contributed by atoms with E-state index in [4.69, 9.17) is 69.6 Å². The van der Waals surface area contributed by atoms with E-state index in [1.807, 2.05) is 50.3 Å². The first-order valence-corrected chi connectivity index (χ1v) is 11.4. The van der Waals surface area contributed by atoms with Crippen molar-refractivity contribution in [3.63, 3.8) is 0 Å². The van der Waals surface area contributed by atoms with Crippen LogP contribution in [0.3, 0.4) is 0 Å². The van der Waals surface area contributed by atoms with Gasteiger partial charge in [0, 0.05) is 26.2 Å². The topological polar surface area (TPSA) is 0 Å². The first-order chi connectivity index (χ1) is 12.6. The Balaban J connectivity index is 0.00000225. The molecule has 0 N–H and O–H groups in total. The number of halogens is 6. The molecule has 0 nitrogen and oxygen atoms in total. The summed E-state index contributed by atoms with van der Waals surface area (Å²) in [6.07, 6.45) is 4.09. The van der Waals surface area contributed by atoms with Crippen molar-refractivity contribution in [3.05, 3.63) is 77.8 Å². The Morgan fingerprint density at radius 3 is 1.32 bits per heavy atom. The summed E-state index contributed by atoms with van der Waals surface area (Å²) in [4.78, 5) is 0. The van der Waals surface area contributed by atoms with Crippen molar-refractivity contribution in [2.75, 3.05) is 0 Å². The van der Waals surface area contributed by atoms with Crippen LogP contribution in [-0.4, -0.2) is 9.52 Å². The van der Waals surface area contributed by atoms with Gasteiger partial charge in [0.2, 0.25) is 0 Å². The summed E-state index contributed by atoms with van der Waals surface area (Å²) in [6.45, 7) is 4.01. The second kappa shape index (κ2) is 8.03. The molecule has 2 aromatic rings. The maximum Gasteiger partial charge on any atom is 0.118 e. The third-order valence-electron chi connectivity index (χ3n) is 5.10. The van der Waals surface area contributed by atoms with Gasteiger partial charge in [-0.05, 0) is 60.4 Å². The third kappa shape index (κ3) is 3.55. The maximum atomic E-state index is 7.22. The zero-order chi connectivity index (χ0) is 19.7. The van der Waals surface area contributed by atoms with Crippen LogP contribution >= 0.6 is 69.6 Å². The first-order valence-electron chi connectivity index (χ1n) is 8.10. The zero-order valence-corrected chi connectivity index (χ0v) is 22.7. The Bertz CT molecular complexity index is 980. The van der Waals surface area contributed by atoms with Gasteiger partial charge in [-0.15, -0.1) is 23.2 Å². The van der Waals surface area contributed by atoms with Crippen LogP contribution < -0.4 is 0 Å². The molecule has 2 aliphatic rings. The molecule has 0 bridgehead atoms. The molecule has 0 heterocycles. The predicted octanol–water partition coefficient (Wildman–Crippen LogP) is 8.32. The van der Waals surface area contributed by atoms with Gasteiger partial charge in [-0.2, -0.15) is 0 Å². The van der Waals surface area contributed by atoms with Gasteiger partial charge in [0.15, 0.2) is 0 Å². The zero-order valence-electron chi connectivity index (χ0n) is 14.7. The molecule has 0 saturated carbocycles. The van der Waals surface area contributed by atoms with E-state index in [2.05, 4.69) is 0 Å². The van der Waals surface area contributed by atoms with E-state index in [9.17, 15) is 0 Å². The van der Waals surface area contributed by atoms with Crippen LogP contribution in [0.5, 0.6) is 0 Å². The van der Waals surface area contributed by atoms with Gasteiger partial charge in [0.05, 0.1) is 29.1 Å². The molecule has 0 amide bonds. The molecule has 142 valence electrons. The Hall–Kier alpha value is 0.760. The molecule has 0 saturated heterocycles. The minimum atomic E-state index is -0.770. The van der Waals surface area contributed by atoms with Crippen molar-refractivity contribution in [2.45, 2.75) is 22.8 Å². The van der Waals surface area contributed by atoms with Crippen LogP contribution in [0.4, 0.5) is 0 Å². The normalized spacial score (nSPS) is 25.0. The summed E-state index contributed by atoms with van der Waals surface area (Å²) < 4.78 is -1.54. The van der Waals surface area contributed by atoms with E-state index >= 15 is 0 Å². The van der Waals surface area contributed by atoms with Crippen molar-refractivity contribution in [1.29, 1.82) is 0 Å². The van der Waals surface area contributed by atoms with Crippen LogP contribution in [0.1, 0.15) is 36.1 Å². The van der Waals surface area contributed by atoms with Crippen molar-refractivity contribution in [3.8, 4) is 0 Å². The number of hydrogen-bond acceptors (Lipinski definition) is 0. The van der Waals surface area contributed by atoms with Crippen molar-refractivity contribution in [2.24, 2.45) is 0 Å². The van der Waals surface area contributed by atoms with Gasteiger partial charge in [-0.25, -0.2) is 0 Å². The van der Waals surface area contributed by atoms with Crippen molar-refractivity contribution < 1.29 is 26.2 Å². The molecule has 28 heavy (non-hydrogen) atoms. The molecule has 0 aliphatic heterocycles. The number of benzene rings is 2. The molecule has 0 fully saturated rings. The molecule has 0 aromatic heterocycles. The fraction of sp³-hybridized carbons (Fsp3) is 0.200. The fourth-order valence-electron chi connectivity index (χ4n) is 3.62. The Labute approximate surface area is 216 Å². The second-order valence-electron chi connectivity index (χ2n) is 6.80. The average molecular weight is 584 g/mol. The van der Waals surface area contributed by atoms with Crippen molar-refractivity contribution in [1.82, 2.24) is 0 Å². The molecule has 2 aromatic carbocycles. The van der Waals surface area contributed by atoms with E-state index in [1.54, 1.807) is 0 Å². The van der Waals surface area contributed by atoms with Gasteiger partial charge in [-0.1, -0.05) is 69.7 Å². The summed E-state index contributed by atoms with van der Waals surface area (Å²) >= 11 is 39.4. The van der Waals surface area contributed by atoms with Crippen LogP contribution in [0.2, 0.25) is 20.1 Å². The molecule has 4 rings (SSSR count). The third-order valence-corrected chi connectivity index (χ3v) is 10.1. The van der Waals surface area contributed by atoms with Crippen LogP contribution in [0.25, 0.3) is 12.2 Å². The molecule has 2 radical (unpaired) electrons. The number of rotatable bonds is 2. The number of hydrogen-bond donors (Lipinski definition) is 0. The number of allylic oxidation sites excluding steroid dienone is 2. The minimum absolute atomic E-state index is 0. The summed E-state index contributed by atoms with van der Waals surface area (Å²) in [6, 6.07) is 7.38. The largest absolute Gasteiger partial charge is 0.118 e. The van der Waals surface area contributed by atoms with Gasteiger partial charge >= 0.3 is 0 Å². The minimum Gasteiger partial charge on any atom is -0.114 e. The molecule has 2 aliphatic carbocycles. The summed E-state index contributed by atoms with van der Waals surface area (Å²) in [5.41, 5.74) is 5.82. The summed E-state index contributed by atoms with van der Waals surface area (Å²) in [7, 11) is 0.117. The summed E-state index contributed by atoms with van der Waals surface area (Å²) in [5.74, 6) is 0. The van der Waals surface area contributed by atoms with E-state index in [1.165, 1.54) is 0 Å². The predicted molar refractivity (Wildman–Crippen MR) is 121 cm³/mol. The Kier molecular flexibility index (Phi) is 6.72. The van der Waals surface area contributed by atoms with Gasteiger partial charge < -0.3 is 0 Å². The van der Waals surface area contributed by atoms with E-state index < -0.39 is 8.99 Å². The molecular formula is C20H12Cl6SiZr.